The maximum Gasteiger partial charge on any atom is 0.255 e. The lowest BCUT2D eigenvalue weighted by molar-refractivity contribution is -0.153. The minimum Gasteiger partial charge on any atom is -0.508 e. The molecule has 1 unspecified atom stereocenters. The van der Waals surface area contributed by atoms with Gasteiger partial charge >= 0.3 is 0 Å². The van der Waals surface area contributed by atoms with Crippen molar-refractivity contribution < 1.29 is 39.2 Å². The van der Waals surface area contributed by atoms with Crippen LogP contribution in [-0.2, 0) is 27.3 Å². The summed E-state index contributed by atoms with van der Waals surface area (Å²) in [6, 6.07) is 9.48. The summed E-state index contributed by atoms with van der Waals surface area (Å²) in [4.78, 5) is 40.8. The first-order chi connectivity index (χ1) is 19.4. The van der Waals surface area contributed by atoms with Crippen molar-refractivity contribution in [3.63, 3.8) is 0 Å². The standard InChI is InChI=1S/C30H32FN3O7/c1-34(2)24-19-12-16-11-18-17(15-5-3-14(4-6-15)13-33-10-9-31)7-8-20(35)22(18)25(36)21(16)27(38)30(19,41)28(39)23(26(24)37)29(32)40/h3-8,16,19,24,33,35-36,39,41H,9-13H2,1-2H3,(H2,32,40)/t16-,19-,24?,30-/m1/s1. The molecule has 3 aliphatic rings. The molecule has 0 aromatic heterocycles. The zero-order valence-corrected chi connectivity index (χ0v) is 22.6. The highest BCUT2D eigenvalue weighted by atomic mass is 19.1. The summed E-state index contributed by atoms with van der Waals surface area (Å²) < 4.78 is 12.4. The Labute approximate surface area is 235 Å². The van der Waals surface area contributed by atoms with Gasteiger partial charge in [0.25, 0.3) is 5.91 Å². The van der Waals surface area contributed by atoms with Crippen molar-refractivity contribution in [1.29, 1.82) is 0 Å². The van der Waals surface area contributed by atoms with E-state index in [1.54, 1.807) is 20.2 Å². The van der Waals surface area contributed by atoms with Gasteiger partial charge in [-0.25, -0.2) is 4.39 Å². The third-order valence-corrected chi connectivity index (χ3v) is 8.47. The van der Waals surface area contributed by atoms with Crippen LogP contribution in [0.5, 0.6) is 5.75 Å². The normalized spacial score (nSPS) is 25.7. The maximum atomic E-state index is 13.9. The summed E-state index contributed by atoms with van der Waals surface area (Å²) in [5.41, 5.74) is 4.70. The molecular weight excluding hydrogens is 533 g/mol. The summed E-state index contributed by atoms with van der Waals surface area (Å²) in [7, 11) is 3.11. The number of nitrogens with zero attached hydrogens (tertiary/aromatic N) is 1. The number of benzene rings is 2. The Kier molecular flexibility index (Phi) is 7.22. The Morgan fingerprint density at radius 2 is 1.80 bits per heavy atom. The quantitative estimate of drug-likeness (QED) is 0.216. The number of nitrogens with two attached hydrogens (primary N) is 1. The number of ketones is 2. The summed E-state index contributed by atoms with van der Waals surface area (Å²) >= 11 is 0. The number of rotatable bonds is 7. The van der Waals surface area contributed by atoms with Gasteiger partial charge in [-0.2, -0.15) is 0 Å². The zero-order chi connectivity index (χ0) is 29.8. The molecule has 10 nitrogen and oxygen atoms in total. The van der Waals surface area contributed by atoms with Crippen LogP contribution in [0.25, 0.3) is 16.9 Å². The second-order valence-electron chi connectivity index (χ2n) is 11.0. The molecule has 4 atom stereocenters. The molecule has 2 aromatic carbocycles. The summed E-state index contributed by atoms with van der Waals surface area (Å²) in [6.07, 6.45) is 0.206. The van der Waals surface area contributed by atoms with Gasteiger partial charge in [0.2, 0.25) is 5.78 Å². The first kappa shape index (κ1) is 28.5. The van der Waals surface area contributed by atoms with Gasteiger partial charge in [0, 0.05) is 24.6 Å². The number of carbonyl (C=O) groups is 3. The highest BCUT2D eigenvalue weighted by Gasteiger charge is 2.64. The molecule has 0 bridgehead atoms. The number of Topliss-reactive ketones (excluding diaryl/α,β-unsaturated/α-hetero) is 2. The summed E-state index contributed by atoms with van der Waals surface area (Å²) in [6.45, 7) is 0.267. The number of aliphatic hydroxyl groups excluding tert-OH is 2. The van der Waals surface area contributed by atoms with E-state index in [1.807, 2.05) is 24.3 Å². The average molecular weight is 566 g/mol. The third kappa shape index (κ3) is 4.32. The second kappa shape index (κ2) is 10.4. The number of carbonyl (C=O) groups excluding carboxylic acids is 3. The molecule has 0 radical (unpaired) electrons. The van der Waals surface area contributed by atoms with Gasteiger partial charge in [0.1, 0.15) is 29.5 Å². The van der Waals surface area contributed by atoms with E-state index in [0.717, 1.165) is 11.1 Å². The van der Waals surface area contributed by atoms with Crippen molar-refractivity contribution >= 4 is 23.2 Å². The molecule has 0 aliphatic heterocycles. The minimum atomic E-state index is -2.68. The Bertz CT molecular complexity index is 1510. The van der Waals surface area contributed by atoms with Gasteiger partial charge in [-0.1, -0.05) is 30.3 Å². The molecule has 1 saturated carbocycles. The fraction of sp³-hybridized carbons (Fsp3) is 0.367. The van der Waals surface area contributed by atoms with Gasteiger partial charge in [0.15, 0.2) is 11.4 Å². The molecule has 216 valence electrons. The van der Waals surface area contributed by atoms with Crippen LogP contribution in [0.3, 0.4) is 0 Å². The van der Waals surface area contributed by atoms with Gasteiger partial charge < -0.3 is 31.5 Å². The lowest BCUT2D eigenvalue weighted by Crippen LogP contribution is -2.65. The molecule has 7 N–H and O–H groups in total. The molecule has 2 aromatic rings. The van der Waals surface area contributed by atoms with Gasteiger partial charge in [0.05, 0.1) is 11.6 Å². The van der Waals surface area contributed by atoms with E-state index in [9.17, 15) is 39.2 Å². The van der Waals surface area contributed by atoms with E-state index in [2.05, 4.69) is 5.32 Å². The number of nitrogens with one attached hydrogen (secondary N) is 1. The van der Waals surface area contributed by atoms with E-state index in [0.29, 0.717) is 17.7 Å². The Hall–Kier alpha value is -4.06. The highest BCUT2D eigenvalue weighted by Crippen LogP contribution is 2.53. The van der Waals surface area contributed by atoms with Crippen LogP contribution in [0.2, 0.25) is 0 Å². The molecule has 5 rings (SSSR count). The van der Waals surface area contributed by atoms with Crippen LogP contribution in [-0.4, -0.2) is 81.8 Å². The van der Waals surface area contributed by atoms with Crippen molar-refractivity contribution in [3.8, 4) is 16.9 Å². The van der Waals surface area contributed by atoms with Crippen LogP contribution < -0.4 is 11.1 Å². The average Bonchev–Trinajstić information content (AvgIpc) is 2.91. The topological polar surface area (TPSA) is 173 Å². The van der Waals surface area contributed by atoms with Crippen molar-refractivity contribution in [2.75, 3.05) is 27.3 Å². The number of phenolic OH excluding ortho intramolecular Hbond substituents is 1. The second-order valence-corrected chi connectivity index (χ2v) is 11.0. The maximum absolute atomic E-state index is 13.9. The Morgan fingerprint density at radius 1 is 1.12 bits per heavy atom. The third-order valence-electron chi connectivity index (χ3n) is 8.47. The Balaban J connectivity index is 1.63. The van der Waals surface area contributed by atoms with E-state index in [-0.39, 0.29) is 36.3 Å². The lowest BCUT2D eigenvalue weighted by Gasteiger charge is -2.50. The first-order valence-corrected chi connectivity index (χ1v) is 13.3. The lowest BCUT2D eigenvalue weighted by atomic mass is 9.57. The fourth-order valence-electron chi connectivity index (χ4n) is 6.62. The number of hydrogen-bond acceptors (Lipinski definition) is 9. The summed E-state index contributed by atoms with van der Waals surface area (Å²) in [5.74, 6) is -6.85. The molecule has 1 amide bonds. The molecule has 1 fully saturated rings. The predicted octanol–water partition coefficient (Wildman–Crippen LogP) is 1.69. The molecular formula is C30H32FN3O7. The number of hydrogen-bond donors (Lipinski definition) is 6. The summed E-state index contributed by atoms with van der Waals surface area (Å²) in [5, 5.41) is 47.8. The molecule has 0 heterocycles. The van der Waals surface area contributed by atoms with Crippen LogP contribution in [0.15, 0.2) is 53.3 Å². The van der Waals surface area contributed by atoms with Gasteiger partial charge in [-0.05, 0) is 61.2 Å². The number of amides is 1. The highest BCUT2D eigenvalue weighted by molar-refractivity contribution is 6.24. The number of alkyl halides is 1. The van der Waals surface area contributed by atoms with Gasteiger partial charge in [-0.3, -0.25) is 19.3 Å². The van der Waals surface area contributed by atoms with Crippen LogP contribution in [0, 0.1) is 11.8 Å². The number of halogens is 1. The number of fused-ring (bicyclic) bond motifs is 3. The van der Waals surface area contributed by atoms with Crippen molar-refractivity contribution in [1.82, 2.24) is 10.2 Å². The predicted molar refractivity (Wildman–Crippen MR) is 147 cm³/mol. The van der Waals surface area contributed by atoms with E-state index in [4.69, 9.17) is 5.73 Å². The smallest absolute Gasteiger partial charge is 0.255 e. The van der Waals surface area contributed by atoms with Crippen LogP contribution >= 0.6 is 0 Å². The Morgan fingerprint density at radius 3 is 2.41 bits per heavy atom. The van der Waals surface area contributed by atoms with E-state index >= 15 is 0 Å². The van der Waals surface area contributed by atoms with Crippen LogP contribution in [0.4, 0.5) is 4.39 Å². The van der Waals surface area contributed by atoms with Crippen LogP contribution in [0.1, 0.15) is 23.1 Å². The molecule has 3 aliphatic carbocycles. The number of phenols is 1. The van der Waals surface area contributed by atoms with Crippen molar-refractivity contribution in [2.45, 2.75) is 31.0 Å². The molecule has 0 spiro atoms. The largest absolute Gasteiger partial charge is 0.508 e. The van der Waals surface area contributed by atoms with E-state index < -0.39 is 64.7 Å². The van der Waals surface area contributed by atoms with Crippen molar-refractivity contribution in [2.24, 2.45) is 17.6 Å². The number of aliphatic hydroxyl groups is 3. The molecule has 11 heteroatoms. The monoisotopic (exact) mass is 565 g/mol. The zero-order valence-electron chi connectivity index (χ0n) is 22.6. The fourth-order valence-corrected chi connectivity index (χ4v) is 6.62. The SMILES string of the molecule is CN(C)C1C(=O)C(C(N)=O)=C(O)[C@]2(O)C(=O)C3=C(O)c4c(O)ccc(-c5ccc(CNCCF)cc5)c4C[C@@H]3C[C@H]12. The first-order valence-electron chi connectivity index (χ1n) is 13.3. The molecule has 0 saturated heterocycles. The molecule has 41 heavy (non-hydrogen) atoms. The number of aromatic hydroxyl groups is 1. The van der Waals surface area contributed by atoms with Crippen molar-refractivity contribution in [3.05, 3.63) is 70.0 Å². The van der Waals surface area contributed by atoms with Gasteiger partial charge in [-0.15, -0.1) is 0 Å². The van der Waals surface area contributed by atoms with E-state index in [1.165, 1.54) is 11.0 Å². The minimum absolute atomic E-state index is 0.0139. The number of primary amides is 1. The number of likely N-dealkylation sites (N-methyl/N-ethyl adjacent to an activating group) is 1.